The quantitative estimate of drug-likeness (QED) is 0.833. The summed E-state index contributed by atoms with van der Waals surface area (Å²) in [4.78, 5) is 12.9. The van der Waals surface area contributed by atoms with Gasteiger partial charge in [-0.15, -0.1) is 0 Å². The van der Waals surface area contributed by atoms with Crippen LogP contribution in [0.4, 0.5) is 5.69 Å². The number of aryl methyl sites for hydroxylation is 1. The summed E-state index contributed by atoms with van der Waals surface area (Å²) >= 11 is 5.14. The van der Waals surface area contributed by atoms with Crippen molar-refractivity contribution in [2.45, 2.75) is 19.8 Å². The van der Waals surface area contributed by atoms with Crippen molar-refractivity contribution in [3.8, 4) is 5.75 Å². The van der Waals surface area contributed by atoms with Crippen LogP contribution in [0.15, 0.2) is 18.2 Å². The Balaban J connectivity index is 2.27. The SMILES string of the molecule is COc1ccc(C)cc1NC(=O)C1(C(N)=S)CCOCC1. The fraction of sp³-hybridized carbons (Fsp3) is 0.467. The Morgan fingerprint density at radius 1 is 1.43 bits per heavy atom. The molecule has 6 heteroatoms. The number of methoxy groups -OCH3 is 1. The molecule has 0 bridgehead atoms. The fourth-order valence-electron chi connectivity index (χ4n) is 2.47. The number of hydrogen-bond donors (Lipinski definition) is 2. The number of carbonyl (C=O) groups is 1. The average Bonchev–Trinajstić information content (AvgIpc) is 2.48. The second-order valence-electron chi connectivity index (χ2n) is 5.22. The molecule has 0 spiro atoms. The van der Waals surface area contributed by atoms with Gasteiger partial charge in [-0.3, -0.25) is 4.79 Å². The average molecular weight is 308 g/mol. The van der Waals surface area contributed by atoms with Crippen molar-refractivity contribution in [1.82, 2.24) is 0 Å². The molecule has 1 aliphatic heterocycles. The molecule has 0 aromatic heterocycles. The first-order valence-corrected chi connectivity index (χ1v) is 7.24. The van der Waals surface area contributed by atoms with Crippen molar-refractivity contribution in [2.24, 2.45) is 11.1 Å². The van der Waals surface area contributed by atoms with Gasteiger partial charge >= 0.3 is 0 Å². The third-order valence-corrected chi connectivity index (χ3v) is 4.25. The van der Waals surface area contributed by atoms with Gasteiger partial charge < -0.3 is 20.5 Å². The van der Waals surface area contributed by atoms with Crippen molar-refractivity contribution in [2.75, 3.05) is 25.6 Å². The molecule has 5 nitrogen and oxygen atoms in total. The molecule has 1 aliphatic rings. The van der Waals surface area contributed by atoms with Crippen molar-refractivity contribution in [3.05, 3.63) is 23.8 Å². The van der Waals surface area contributed by atoms with Crippen LogP contribution in [0, 0.1) is 12.3 Å². The topological polar surface area (TPSA) is 73.6 Å². The molecule has 1 saturated heterocycles. The van der Waals surface area contributed by atoms with Crippen LogP contribution >= 0.6 is 12.2 Å². The molecule has 114 valence electrons. The largest absolute Gasteiger partial charge is 0.495 e. The molecule has 0 radical (unpaired) electrons. The van der Waals surface area contributed by atoms with E-state index in [1.807, 2.05) is 25.1 Å². The molecule has 0 aliphatic carbocycles. The highest BCUT2D eigenvalue weighted by molar-refractivity contribution is 7.80. The Hall–Kier alpha value is -1.66. The number of nitrogens with two attached hydrogens (primary N) is 1. The zero-order valence-electron chi connectivity index (χ0n) is 12.3. The summed E-state index contributed by atoms with van der Waals surface area (Å²) in [5.41, 5.74) is 6.66. The van der Waals surface area contributed by atoms with Crippen molar-refractivity contribution in [1.29, 1.82) is 0 Å². The van der Waals surface area contributed by atoms with E-state index < -0.39 is 5.41 Å². The second-order valence-corrected chi connectivity index (χ2v) is 5.66. The Morgan fingerprint density at radius 3 is 2.67 bits per heavy atom. The number of thiocarbonyl (C=S) groups is 1. The molecule has 0 saturated carbocycles. The predicted octanol–water partition coefficient (Wildman–Crippen LogP) is 2.03. The highest BCUT2D eigenvalue weighted by Gasteiger charge is 2.43. The third kappa shape index (κ3) is 3.16. The Labute approximate surface area is 129 Å². The maximum absolute atomic E-state index is 12.7. The lowest BCUT2D eigenvalue weighted by atomic mass is 9.79. The number of rotatable bonds is 4. The molecule has 1 heterocycles. The first kappa shape index (κ1) is 15.7. The predicted molar refractivity (Wildman–Crippen MR) is 85.6 cm³/mol. The molecule has 2 rings (SSSR count). The summed E-state index contributed by atoms with van der Waals surface area (Å²) in [7, 11) is 1.57. The summed E-state index contributed by atoms with van der Waals surface area (Å²) in [5.74, 6) is 0.418. The van der Waals surface area contributed by atoms with E-state index in [2.05, 4.69) is 5.32 Å². The van der Waals surface area contributed by atoms with E-state index in [1.165, 1.54) is 0 Å². The van der Waals surface area contributed by atoms with Gasteiger partial charge in [0, 0.05) is 13.2 Å². The van der Waals surface area contributed by atoms with Gasteiger partial charge in [0.05, 0.1) is 17.8 Å². The van der Waals surface area contributed by atoms with Gasteiger partial charge in [0.15, 0.2) is 0 Å². The first-order chi connectivity index (χ1) is 9.99. The lowest BCUT2D eigenvalue weighted by Gasteiger charge is -2.34. The standard InChI is InChI=1S/C15H20N2O3S/c1-10-3-4-12(19-2)11(9-10)17-14(18)15(13(16)21)5-7-20-8-6-15/h3-4,9H,5-8H2,1-2H3,(H2,16,21)(H,17,18). The van der Waals surface area contributed by atoms with Gasteiger partial charge in [-0.25, -0.2) is 0 Å². The minimum atomic E-state index is -0.845. The monoisotopic (exact) mass is 308 g/mol. The van der Waals surface area contributed by atoms with Crippen LogP contribution in [0.1, 0.15) is 18.4 Å². The van der Waals surface area contributed by atoms with E-state index in [9.17, 15) is 4.79 Å². The summed E-state index contributed by atoms with van der Waals surface area (Å²) in [6.45, 7) is 2.91. The Bertz CT molecular complexity index is 554. The molecule has 1 aromatic carbocycles. The normalized spacial score (nSPS) is 17.0. The van der Waals surface area contributed by atoms with Crippen LogP contribution in [0.25, 0.3) is 0 Å². The Kier molecular flexibility index (Phi) is 4.80. The van der Waals surface area contributed by atoms with Crippen LogP contribution in [0.5, 0.6) is 5.75 Å². The summed E-state index contributed by atoms with van der Waals surface area (Å²) in [6.07, 6.45) is 1.00. The molecule has 0 atom stereocenters. The number of nitrogens with one attached hydrogen (secondary N) is 1. The molecule has 1 aromatic rings. The van der Waals surface area contributed by atoms with Crippen molar-refractivity contribution < 1.29 is 14.3 Å². The second kappa shape index (κ2) is 6.41. The van der Waals surface area contributed by atoms with Crippen LogP contribution in [0.3, 0.4) is 0 Å². The van der Waals surface area contributed by atoms with Crippen LogP contribution < -0.4 is 15.8 Å². The molecule has 3 N–H and O–H groups in total. The first-order valence-electron chi connectivity index (χ1n) is 6.83. The van der Waals surface area contributed by atoms with Gasteiger partial charge in [0.1, 0.15) is 11.2 Å². The van der Waals surface area contributed by atoms with E-state index in [-0.39, 0.29) is 10.9 Å². The van der Waals surface area contributed by atoms with Crippen LogP contribution in [-0.4, -0.2) is 31.2 Å². The van der Waals surface area contributed by atoms with E-state index in [1.54, 1.807) is 7.11 Å². The lowest BCUT2D eigenvalue weighted by molar-refractivity contribution is -0.126. The van der Waals surface area contributed by atoms with Gasteiger partial charge in [0.2, 0.25) is 5.91 Å². The maximum Gasteiger partial charge on any atom is 0.237 e. The number of carbonyl (C=O) groups excluding carboxylic acids is 1. The minimum absolute atomic E-state index is 0.192. The summed E-state index contributed by atoms with van der Waals surface area (Å²) in [5, 5.41) is 2.91. The van der Waals surface area contributed by atoms with E-state index in [4.69, 9.17) is 27.4 Å². The Morgan fingerprint density at radius 2 is 2.10 bits per heavy atom. The third-order valence-electron chi connectivity index (χ3n) is 3.86. The maximum atomic E-state index is 12.7. The number of ether oxygens (including phenoxy) is 2. The zero-order chi connectivity index (χ0) is 15.5. The van der Waals surface area contributed by atoms with Gasteiger partial charge in [0.25, 0.3) is 0 Å². The van der Waals surface area contributed by atoms with E-state index >= 15 is 0 Å². The molecular weight excluding hydrogens is 288 g/mol. The molecule has 1 amide bonds. The van der Waals surface area contributed by atoms with Gasteiger partial charge in [-0.1, -0.05) is 18.3 Å². The molecule has 21 heavy (non-hydrogen) atoms. The number of anilines is 1. The van der Waals surface area contributed by atoms with Crippen LogP contribution in [-0.2, 0) is 9.53 Å². The number of amides is 1. The van der Waals surface area contributed by atoms with Crippen LogP contribution in [0.2, 0.25) is 0 Å². The molecular formula is C15H20N2O3S. The van der Waals surface area contributed by atoms with Crippen molar-refractivity contribution >= 4 is 28.8 Å². The lowest BCUT2D eigenvalue weighted by Crippen LogP contribution is -2.49. The number of benzene rings is 1. The van der Waals surface area contributed by atoms with Crippen molar-refractivity contribution in [3.63, 3.8) is 0 Å². The smallest absolute Gasteiger partial charge is 0.237 e. The van der Waals surface area contributed by atoms with Gasteiger partial charge in [-0.05, 0) is 37.5 Å². The van der Waals surface area contributed by atoms with E-state index in [0.717, 1.165) is 5.56 Å². The van der Waals surface area contributed by atoms with Gasteiger partial charge in [-0.2, -0.15) is 0 Å². The highest BCUT2D eigenvalue weighted by atomic mass is 32.1. The molecule has 1 fully saturated rings. The molecule has 0 unspecified atom stereocenters. The zero-order valence-corrected chi connectivity index (χ0v) is 13.1. The number of hydrogen-bond acceptors (Lipinski definition) is 4. The summed E-state index contributed by atoms with van der Waals surface area (Å²) in [6, 6.07) is 5.61. The minimum Gasteiger partial charge on any atom is -0.495 e. The fourth-order valence-corrected chi connectivity index (χ4v) is 2.76. The summed E-state index contributed by atoms with van der Waals surface area (Å²) < 4.78 is 10.6. The highest BCUT2D eigenvalue weighted by Crippen LogP contribution is 2.34. The van der Waals surface area contributed by atoms with E-state index in [0.29, 0.717) is 37.5 Å².